The van der Waals surface area contributed by atoms with E-state index >= 15 is 0 Å². The summed E-state index contributed by atoms with van der Waals surface area (Å²) in [5, 5.41) is 75.9. The fourth-order valence-electron chi connectivity index (χ4n) is 8.94. The van der Waals surface area contributed by atoms with Crippen LogP contribution >= 0.6 is 0 Å². The van der Waals surface area contributed by atoms with Crippen molar-refractivity contribution in [3.8, 4) is 11.5 Å². The van der Waals surface area contributed by atoms with E-state index in [0.717, 1.165) is 47.5 Å². The Balaban J connectivity index is 0.000000211. The van der Waals surface area contributed by atoms with E-state index in [-0.39, 0.29) is 51.1 Å². The molecular formula is C74H58O26. The standard InChI is InChI=1S/C26H22O8.C24H18O10.C24H18O8/c1-15-3-7-17(8-4-15)13-33-25(31)21-11-20(24(29)30)22(12-19(21)23(27)28)26(32)34-14-18-9-5-16(2)6-10-18;25-15-5-1-13(2-6-15)11-33-23(31)19-9-18(22(29)30)20(10-17(19)21(27)28)24(32)34-12-14-3-7-16(26)8-4-14;25-21(26)17-12-20(24(30)32-14-16-9-5-2-6-10-16)18(22(27)28)11-19(17)23(29)31-13-15-7-3-1-4-8-15/h3-12H,13-14H2,1-2H3,(H,27,28)(H,29,30);1-10,25-26H,11-12H2,(H,27,28)(H,29,30);1-12H,13-14H2,(H,25,26)(H,27,28). The number of aryl methyl sites for hydroxylation is 2. The largest absolute Gasteiger partial charge is 0.508 e. The van der Waals surface area contributed by atoms with Gasteiger partial charge >= 0.3 is 71.6 Å². The molecule has 0 aliphatic rings. The number of carbonyl (C=O) groups excluding carboxylic acids is 6. The molecule has 100 heavy (non-hydrogen) atoms. The number of aromatic carboxylic acids is 6. The summed E-state index contributed by atoms with van der Waals surface area (Å²) in [5.41, 5.74) is -0.903. The first kappa shape index (κ1) is 73.6. The third-order valence-electron chi connectivity index (χ3n) is 14.2. The van der Waals surface area contributed by atoms with Crippen molar-refractivity contribution in [2.75, 3.05) is 0 Å². The van der Waals surface area contributed by atoms with E-state index in [1.165, 1.54) is 48.5 Å². The summed E-state index contributed by atoms with van der Waals surface area (Å²) in [6, 6.07) is 47.8. The zero-order chi connectivity index (χ0) is 72.7. The molecule has 0 atom stereocenters. The molecule has 26 nitrogen and oxygen atoms in total. The maximum absolute atomic E-state index is 12.6. The van der Waals surface area contributed by atoms with Crippen LogP contribution in [-0.2, 0) is 68.1 Å². The Kier molecular flexibility index (Phi) is 25.5. The van der Waals surface area contributed by atoms with Gasteiger partial charge in [-0.05, 0) is 108 Å². The molecule has 0 heterocycles. The summed E-state index contributed by atoms with van der Waals surface area (Å²) in [7, 11) is 0. The monoisotopic (exact) mass is 1360 g/mol. The number of hydrogen-bond donors (Lipinski definition) is 8. The summed E-state index contributed by atoms with van der Waals surface area (Å²) >= 11 is 0. The van der Waals surface area contributed by atoms with Gasteiger partial charge in [0.1, 0.15) is 51.1 Å². The Morgan fingerprint density at radius 1 is 0.230 bits per heavy atom. The third kappa shape index (κ3) is 20.6. The van der Waals surface area contributed by atoms with Crippen LogP contribution in [-0.4, -0.2) is 112 Å². The van der Waals surface area contributed by atoms with Gasteiger partial charge in [0.05, 0.1) is 66.8 Å². The van der Waals surface area contributed by atoms with E-state index < -0.39 is 138 Å². The van der Waals surface area contributed by atoms with Crippen molar-refractivity contribution in [2.24, 2.45) is 0 Å². The van der Waals surface area contributed by atoms with E-state index in [4.69, 9.17) is 28.4 Å². The number of esters is 6. The van der Waals surface area contributed by atoms with Gasteiger partial charge < -0.3 is 69.3 Å². The Hall–Kier alpha value is -13.8. The molecule has 0 amide bonds. The van der Waals surface area contributed by atoms with E-state index in [2.05, 4.69) is 0 Å². The summed E-state index contributed by atoms with van der Waals surface area (Å²) < 4.78 is 30.8. The highest BCUT2D eigenvalue weighted by molar-refractivity contribution is 6.12. The second kappa shape index (κ2) is 34.6. The summed E-state index contributed by atoms with van der Waals surface area (Å²) in [5.74, 6) is -15.6. The van der Waals surface area contributed by atoms with Gasteiger partial charge in [-0.15, -0.1) is 0 Å². The Morgan fingerprint density at radius 3 is 0.560 bits per heavy atom. The van der Waals surface area contributed by atoms with Crippen LogP contribution in [0.25, 0.3) is 0 Å². The molecule has 0 aliphatic heterocycles. The molecule has 8 N–H and O–H groups in total. The molecule has 9 aromatic rings. The third-order valence-corrected chi connectivity index (χ3v) is 14.2. The highest BCUT2D eigenvalue weighted by atomic mass is 16.6. The summed E-state index contributed by atoms with van der Waals surface area (Å²) in [6.45, 7) is 2.71. The zero-order valence-corrected chi connectivity index (χ0v) is 52.6. The van der Waals surface area contributed by atoms with Gasteiger partial charge in [-0.1, -0.05) is 145 Å². The van der Waals surface area contributed by atoms with Crippen LogP contribution in [0.15, 0.2) is 194 Å². The number of ether oxygens (including phenoxy) is 6. The first-order valence-electron chi connectivity index (χ1n) is 29.4. The lowest BCUT2D eigenvalue weighted by atomic mass is 9.98. The van der Waals surface area contributed by atoms with Crippen LogP contribution in [0, 0.1) is 13.8 Å². The fourth-order valence-corrected chi connectivity index (χ4v) is 8.94. The number of carbonyl (C=O) groups is 12. The maximum atomic E-state index is 12.6. The lowest BCUT2D eigenvalue weighted by molar-refractivity contribution is 0.0449. The fraction of sp³-hybridized carbons (Fsp3) is 0.108. The van der Waals surface area contributed by atoms with Gasteiger partial charge in [0, 0.05) is 0 Å². The molecule has 0 saturated heterocycles. The molecule has 0 unspecified atom stereocenters. The molecule has 9 rings (SSSR count). The van der Waals surface area contributed by atoms with Gasteiger partial charge in [0.25, 0.3) is 0 Å². The lowest BCUT2D eigenvalue weighted by Gasteiger charge is -2.12. The predicted molar refractivity (Wildman–Crippen MR) is 347 cm³/mol. The topological polar surface area (TPSA) is 422 Å². The van der Waals surface area contributed by atoms with Crippen LogP contribution in [0.2, 0.25) is 0 Å². The first-order valence-corrected chi connectivity index (χ1v) is 29.4. The van der Waals surface area contributed by atoms with E-state index in [9.17, 15) is 98.4 Å². The number of benzene rings is 9. The van der Waals surface area contributed by atoms with Crippen molar-refractivity contribution < 1.29 is 127 Å². The molecule has 0 radical (unpaired) electrons. The number of phenolic OH excluding ortho intramolecular Hbond substituents is 2. The van der Waals surface area contributed by atoms with Crippen LogP contribution in [0.1, 0.15) is 169 Å². The average Bonchev–Trinajstić information content (AvgIpc) is 0.804. The van der Waals surface area contributed by atoms with Gasteiger partial charge in [-0.25, -0.2) is 57.5 Å². The van der Waals surface area contributed by atoms with Crippen molar-refractivity contribution >= 4 is 71.6 Å². The van der Waals surface area contributed by atoms with E-state index in [1.807, 2.05) is 38.1 Å². The van der Waals surface area contributed by atoms with E-state index in [1.54, 1.807) is 84.9 Å². The van der Waals surface area contributed by atoms with Crippen molar-refractivity contribution in [3.63, 3.8) is 0 Å². The molecule has 26 heteroatoms. The number of aromatic hydroxyl groups is 2. The van der Waals surface area contributed by atoms with Crippen LogP contribution < -0.4 is 0 Å². The minimum absolute atomic E-state index is 0.00206. The Bertz CT molecular complexity index is 4070. The smallest absolute Gasteiger partial charge is 0.339 e. The van der Waals surface area contributed by atoms with Crippen LogP contribution in [0.3, 0.4) is 0 Å². The lowest BCUT2D eigenvalue weighted by Crippen LogP contribution is -2.18. The molecule has 9 aromatic carbocycles. The maximum Gasteiger partial charge on any atom is 0.339 e. The minimum Gasteiger partial charge on any atom is -0.508 e. The molecule has 0 aromatic heterocycles. The quantitative estimate of drug-likeness (QED) is 0.0206. The molecule has 0 fully saturated rings. The zero-order valence-electron chi connectivity index (χ0n) is 52.6. The molecule has 0 bridgehead atoms. The van der Waals surface area contributed by atoms with Crippen LogP contribution in [0.4, 0.5) is 0 Å². The second-order valence-corrected chi connectivity index (χ2v) is 21.4. The summed E-state index contributed by atoms with van der Waals surface area (Å²) in [6.07, 6.45) is 0. The van der Waals surface area contributed by atoms with Gasteiger partial charge in [0.2, 0.25) is 0 Å². The SMILES string of the molecule is Cc1ccc(COC(=O)c2cc(C(=O)O)c(C(=O)OCc3ccc(C)cc3)cc2C(=O)O)cc1.O=C(O)c1cc(C(=O)OCc2ccc(O)cc2)c(C(=O)O)cc1C(=O)OCc1ccc(O)cc1.O=C(O)c1cc(C(=O)OCc2ccccc2)c(C(=O)O)cc1C(=O)OCc1ccccc1. The second-order valence-electron chi connectivity index (χ2n) is 21.4. The number of carboxylic acids is 6. The van der Waals surface area contributed by atoms with Crippen molar-refractivity contribution in [3.05, 3.63) is 305 Å². The number of phenols is 2. The molecular weight excluding hydrogens is 1300 g/mol. The Morgan fingerprint density at radius 2 is 0.390 bits per heavy atom. The Labute approximate surface area is 566 Å². The van der Waals surface area contributed by atoms with Crippen molar-refractivity contribution in [1.29, 1.82) is 0 Å². The van der Waals surface area contributed by atoms with Crippen molar-refractivity contribution in [1.82, 2.24) is 0 Å². The van der Waals surface area contributed by atoms with Crippen LogP contribution in [0.5, 0.6) is 11.5 Å². The van der Waals surface area contributed by atoms with Crippen molar-refractivity contribution in [2.45, 2.75) is 53.5 Å². The molecule has 510 valence electrons. The molecule has 0 aliphatic carbocycles. The normalized spacial score (nSPS) is 10.3. The van der Waals surface area contributed by atoms with Gasteiger partial charge in [-0.3, -0.25) is 0 Å². The predicted octanol–water partition coefficient (Wildman–Crippen LogP) is 11.4. The van der Waals surface area contributed by atoms with Gasteiger partial charge in [0.15, 0.2) is 0 Å². The molecule has 0 spiro atoms. The van der Waals surface area contributed by atoms with Gasteiger partial charge in [-0.2, -0.15) is 0 Å². The average molecular weight is 1360 g/mol. The highest BCUT2D eigenvalue weighted by Gasteiger charge is 2.31. The number of hydrogen-bond acceptors (Lipinski definition) is 20. The number of carboxylic acid groups (broad SMARTS) is 6. The highest BCUT2D eigenvalue weighted by Crippen LogP contribution is 2.26. The first-order chi connectivity index (χ1) is 47.7. The molecule has 0 saturated carbocycles. The summed E-state index contributed by atoms with van der Waals surface area (Å²) in [4.78, 5) is 146. The minimum atomic E-state index is -1.58. The van der Waals surface area contributed by atoms with E-state index in [0.29, 0.717) is 33.4 Å². The number of rotatable bonds is 24.